The average molecular weight is 357 g/mol. The first-order chi connectivity index (χ1) is 12.7. The van der Waals surface area contributed by atoms with E-state index < -0.39 is 0 Å². The summed E-state index contributed by atoms with van der Waals surface area (Å²) in [5.41, 5.74) is -0.217. The van der Waals surface area contributed by atoms with Crippen LogP contribution < -0.4 is 15.4 Å². The fourth-order valence-corrected chi connectivity index (χ4v) is 2.90. The molecule has 3 heterocycles. The molecule has 3 rings (SSSR count). The zero-order valence-electron chi connectivity index (χ0n) is 14.9. The molecule has 0 amide bonds. The molecule has 1 fully saturated rings. The Morgan fingerprint density at radius 2 is 1.81 bits per heavy atom. The number of hydrogen-bond donors (Lipinski definition) is 0. The van der Waals surface area contributed by atoms with Gasteiger partial charge in [0.15, 0.2) is 0 Å². The third-order valence-corrected chi connectivity index (χ3v) is 4.26. The van der Waals surface area contributed by atoms with Gasteiger partial charge in [0.25, 0.3) is 5.56 Å². The van der Waals surface area contributed by atoms with Crippen molar-refractivity contribution < 1.29 is 9.53 Å². The maximum Gasteiger partial charge on any atom is 0.307 e. The van der Waals surface area contributed by atoms with Gasteiger partial charge >= 0.3 is 5.97 Å². The highest BCUT2D eigenvalue weighted by atomic mass is 16.5. The molecule has 0 spiro atoms. The molecule has 2 aromatic rings. The molecule has 0 N–H and O–H groups in total. The number of nitrogens with zero attached hydrogens (tertiary/aromatic N) is 5. The lowest BCUT2D eigenvalue weighted by molar-refractivity contribution is -0.143. The fraction of sp³-hybridized carbons (Fsp3) is 0.444. The van der Waals surface area contributed by atoms with Gasteiger partial charge in [-0.15, -0.1) is 0 Å². The summed E-state index contributed by atoms with van der Waals surface area (Å²) in [5.74, 6) is 1.39. The third-order valence-electron chi connectivity index (χ3n) is 4.26. The lowest BCUT2D eigenvalue weighted by Gasteiger charge is -2.36. The third kappa shape index (κ3) is 4.38. The number of carbonyl (C=O) groups is 1. The van der Waals surface area contributed by atoms with E-state index in [1.807, 2.05) is 18.2 Å². The normalized spacial score (nSPS) is 14.3. The number of pyridine rings is 1. The summed E-state index contributed by atoms with van der Waals surface area (Å²) in [6.45, 7) is 5.56. The van der Waals surface area contributed by atoms with Crippen LogP contribution in [0.2, 0.25) is 0 Å². The Kier molecular flexibility index (Phi) is 5.83. The Morgan fingerprint density at radius 1 is 1.08 bits per heavy atom. The number of esters is 1. The van der Waals surface area contributed by atoms with Crippen molar-refractivity contribution in [2.24, 2.45) is 0 Å². The Balaban J connectivity index is 1.62. The van der Waals surface area contributed by atoms with Crippen molar-refractivity contribution in [1.29, 1.82) is 0 Å². The lowest BCUT2D eigenvalue weighted by Crippen LogP contribution is -2.47. The largest absolute Gasteiger partial charge is 0.466 e. The fourth-order valence-electron chi connectivity index (χ4n) is 2.90. The molecule has 1 aliphatic rings. The van der Waals surface area contributed by atoms with E-state index in [0.717, 1.165) is 37.8 Å². The molecular formula is C18H23N5O3. The van der Waals surface area contributed by atoms with Crippen molar-refractivity contribution in [2.75, 3.05) is 42.6 Å². The van der Waals surface area contributed by atoms with Gasteiger partial charge < -0.3 is 14.5 Å². The number of carbonyl (C=O) groups excluding carboxylic acids is 1. The number of ether oxygens (including phenoxy) is 1. The second kappa shape index (κ2) is 8.46. The number of rotatable bonds is 6. The summed E-state index contributed by atoms with van der Waals surface area (Å²) in [6, 6.07) is 9.13. The molecule has 1 aliphatic heterocycles. The highest BCUT2D eigenvalue weighted by Crippen LogP contribution is 2.16. The van der Waals surface area contributed by atoms with Gasteiger partial charge in [0.05, 0.1) is 19.6 Å². The number of anilines is 2. The van der Waals surface area contributed by atoms with Gasteiger partial charge in [-0.05, 0) is 25.1 Å². The van der Waals surface area contributed by atoms with Gasteiger partial charge in [0.2, 0.25) is 0 Å². The maximum absolute atomic E-state index is 12.0. The monoisotopic (exact) mass is 357 g/mol. The topological polar surface area (TPSA) is 80.6 Å². The number of aromatic nitrogens is 3. The summed E-state index contributed by atoms with van der Waals surface area (Å²) in [6.07, 6.45) is 1.93. The van der Waals surface area contributed by atoms with Crippen molar-refractivity contribution >= 4 is 17.6 Å². The highest BCUT2D eigenvalue weighted by Gasteiger charge is 2.19. The molecule has 0 atom stereocenters. The summed E-state index contributed by atoms with van der Waals surface area (Å²) in [4.78, 5) is 32.2. The molecule has 0 aliphatic carbocycles. The standard InChI is InChI=1S/C18H23N5O3/c1-2-26-18(25)8-10-23-17(24)7-6-16(20-23)22-13-11-21(12-14-22)15-5-3-4-9-19-15/h3-7,9H,2,8,10-14H2,1H3. The molecule has 2 aromatic heterocycles. The second-order valence-electron chi connectivity index (χ2n) is 5.97. The molecule has 8 nitrogen and oxygen atoms in total. The number of hydrogen-bond acceptors (Lipinski definition) is 7. The molecule has 26 heavy (non-hydrogen) atoms. The Bertz CT molecular complexity index is 785. The van der Waals surface area contributed by atoms with Crippen LogP contribution in [-0.4, -0.2) is 53.5 Å². The quantitative estimate of drug-likeness (QED) is 0.711. The number of aryl methyl sites for hydroxylation is 1. The zero-order chi connectivity index (χ0) is 18.4. The first kappa shape index (κ1) is 17.9. The first-order valence-electron chi connectivity index (χ1n) is 8.82. The lowest BCUT2D eigenvalue weighted by atomic mass is 10.3. The SMILES string of the molecule is CCOC(=O)CCn1nc(N2CCN(c3ccccn3)CC2)ccc1=O. The average Bonchev–Trinajstić information content (AvgIpc) is 2.68. The summed E-state index contributed by atoms with van der Waals surface area (Å²) < 4.78 is 6.23. The molecule has 1 saturated heterocycles. The van der Waals surface area contributed by atoms with Gasteiger partial charge in [-0.3, -0.25) is 9.59 Å². The second-order valence-corrected chi connectivity index (χ2v) is 5.97. The van der Waals surface area contributed by atoms with Gasteiger partial charge in [-0.1, -0.05) is 6.07 Å². The molecule has 138 valence electrons. The maximum atomic E-state index is 12.0. The molecule has 0 bridgehead atoms. The van der Waals surface area contributed by atoms with Crippen LogP contribution in [0.15, 0.2) is 41.3 Å². The van der Waals surface area contributed by atoms with E-state index >= 15 is 0 Å². The first-order valence-corrected chi connectivity index (χ1v) is 8.82. The molecule has 0 aromatic carbocycles. The van der Waals surface area contributed by atoms with Gasteiger partial charge in [-0.25, -0.2) is 9.67 Å². The highest BCUT2D eigenvalue weighted by molar-refractivity contribution is 5.69. The van der Waals surface area contributed by atoms with Crippen LogP contribution in [0.5, 0.6) is 0 Å². The van der Waals surface area contributed by atoms with Crippen molar-refractivity contribution in [3.63, 3.8) is 0 Å². The Morgan fingerprint density at radius 3 is 2.46 bits per heavy atom. The van der Waals surface area contributed by atoms with Crippen LogP contribution in [0.25, 0.3) is 0 Å². The molecule has 0 radical (unpaired) electrons. The van der Waals surface area contributed by atoms with E-state index in [2.05, 4.69) is 19.9 Å². The van der Waals surface area contributed by atoms with Crippen LogP contribution >= 0.6 is 0 Å². The minimum Gasteiger partial charge on any atom is -0.466 e. The minimum absolute atomic E-state index is 0.137. The van der Waals surface area contributed by atoms with Crippen LogP contribution in [0.3, 0.4) is 0 Å². The van der Waals surface area contributed by atoms with Crippen LogP contribution in [0, 0.1) is 0 Å². The van der Waals surface area contributed by atoms with E-state index in [0.29, 0.717) is 6.61 Å². The van der Waals surface area contributed by atoms with Crippen LogP contribution in [0.1, 0.15) is 13.3 Å². The molecule has 0 saturated carbocycles. The van der Waals surface area contributed by atoms with Crippen LogP contribution in [0.4, 0.5) is 11.6 Å². The van der Waals surface area contributed by atoms with Crippen molar-refractivity contribution in [1.82, 2.24) is 14.8 Å². The smallest absolute Gasteiger partial charge is 0.307 e. The van der Waals surface area contributed by atoms with E-state index in [1.54, 1.807) is 19.2 Å². The van der Waals surface area contributed by atoms with Crippen molar-refractivity contribution in [3.05, 3.63) is 46.9 Å². The zero-order valence-corrected chi connectivity index (χ0v) is 14.9. The van der Waals surface area contributed by atoms with Gasteiger partial charge in [0.1, 0.15) is 11.6 Å². The Labute approximate surface area is 152 Å². The predicted octanol–water partition coefficient (Wildman–Crippen LogP) is 0.918. The summed E-state index contributed by atoms with van der Waals surface area (Å²) in [5, 5.41) is 4.41. The van der Waals surface area contributed by atoms with E-state index in [9.17, 15) is 9.59 Å². The molecule has 8 heteroatoms. The minimum atomic E-state index is -0.324. The van der Waals surface area contributed by atoms with E-state index in [-0.39, 0.29) is 24.5 Å². The summed E-state index contributed by atoms with van der Waals surface area (Å²) >= 11 is 0. The van der Waals surface area contributed by atoms with Gasteiger partial charge in [-0.2, -0.15) is 5.10 Å². The molecular weight excluding hydrogens is 334 g/mol. The van der Waals surface area contributed by atoms with Crippen molar-refractivity contribution in [2.45, 2.75) is 19.9 Å². The van der Waals surface area contributed by atoms with E-state index in [4.69, 9.17) is 4.74 Å². The number of piperazine rings is 1. The Hall–Kier alpha value is -2.90. The van der Waals surface area contributed by atoms with Crippen LogP contribution in [-0.2, 0) is 16.1 Å². The molecule has 0 unspecified atom stereocenters. The summed E-state index contributed by atoms with van der Waals surface area (Å²) in [7, 11) is 0. The van der Waals surface area contributed by atoms with Gasteiger partial charge in [0, 0.05) is 38.4 Å². The van der Waals surface area contributed by atoms with Crippen molar-refractivity contribution in [3.8, 4) is 0 Å². The van der Waals surface area contributed by atoms with E-state index in [1.165, 1.54) is 10.7 Å². The predicted molar refractivity (Wildman–Crippen MR) is 98.4 cm³/mol.